The first kappa shape index (κ1) is 13.1. The van der Waals surface area contributed by atoms with Crippen molar-refractivity contribution in [2.45, 2.75) is 57.4 Å². The molecule has 1 aromatic carbocycles. The van der Waals surface area contributed by atoms with Crippen LogP contribution in [0.5, 0.6) is 0 Å². The van der Waals surface area contributed by atoms with E-state index in [0.29, 0.717) is 12.5 Å². The van der Waals surface area contributed by atoms with Gasteiger partial charge < -0.3 is 5.32 Å². The van der Waals surface area contributed by atoms with Crippen LogP contribution in [0.3, 0.4) is 0 Å². The van der Waals surface area contributed by atoms with Crippen molar-refractivity contribution < 1.29 is 4.79 Å². The Morgan fingerprint density at radius 3 is 2.28 bits per heavy atom. The second-order valence-electron chi connectivity index (χ2n) is 5.27. The first-order chi connectivity index (χ1) is 8.84. The van der Waals surface area contributed by atoms with E-state index in [4.69, 9.17) is 0 Å². The highest BCUT2D eigenvalue weighted by molar-refractivity contribution is 5.78. The van der Waals surface area contributed by atoms with E-state index in [0.717, 1.165) is 18.4 Å². The van der Waals surface area contributed by atoms with Crippen molar-refractivity contribution >= 4 is 5.91 Å². The predicted molar refractivity (Wildman–Crippen MR) is 74.4 cm³/mol. The maximum atomic E-state index is 12.0. The van der Waals surface area contributed by atoms with Gasteiger partial charge in [-0.15, -0.1) is 0 Å². The number of carbonyl (C=O) groups is 1. The maximum Gasteiger partial charge on any atom is 0.224 e. The van der Waals surface area contributed by atoms with Crippen LogP contribution in [0.1, 0.15) is 50.5 Å². The zero-order valence-corrected chi connectivity index (χ0v) is 11.0. The lowest BCUT2D eigenvalue weighted by Crippen LogP contribution is -2.36. The maximum absolute atomic E-state index is 12.0. The Morgan fingerprint density at radius 1 is 1.00 bits per heavy atom. The van der Waals surface area contributed by atoms with Gasteiger partial charge in [0.25, 0.3) is 0 Å². The highest BCUT2D eigenvalue weighted by Crippen LogP contribution is 2.17. The summed E-state index contributed by atoms with van der Waals surface area (Å²) in [6.45, 7) is 0. The van der Waals surface area contributed by atoms with Gasteiger partial charge >= 0.3 is 0 Å². The number of carbonyl (C=O) groups excluding carboxylic acids is 1. The predicted octanol–water partition coefficient (Wildman–Crippen LogP) is 3.46. The fraction of sp³-hybridized carbons (Fsp3) is 0.562. The molecule has 1 fully saturated rings. The average Bonchev–Trinajstić information content (AvgIpc) is 2.34. The SMILES string of the molecule is O=C(Cc1ccccc1)NC1CCCCCCC1. The van der Waals surface area contributed by atoms with Gasteiger partial charge in [0.2, 0.25) is 5.91 Å². The number of nitrogens with one attached hydrogen (secondary N) is 1. The van der Waals surface area contributed by atoms with Gasteiger partial charge in [-0.2, -0.15) is 0 Å². The summed E-state index contributed by atoms with van der Waals surface area (Å²) in [6.07, 6.45) is 9.35. The fourth-order valence-electron chi connectivity index (χ4n) is 2.66. The van der Waals surface area contributed by atoms with Gasteiger partial charge in [0.15, 0.2) is 0 Å². The average molecular weight is 245 g/mol. The lowest BCUT2D eigenvalue weighted by atomic mass is 9.96. The Morgan fingerprint density at radius 2 is 1.61 bits per heavy atom. The van der Waals surface area contributed by atoms with Crippen LogP contribution in [0.15, 0.2) is 30.3 Å². The quantitative estimate of drug-likeness (QED) is 0.868. The Labute approximate surface area is 110 Å². The van der Waals surface area contributed by atoms with E-state index in [1.54, 1.807) is 0 Å². The van der Waals surface area contributed by atoms with Crippen molar-refractivity contribution in [3.63, 3.8) is 0 Å². The minimum atomic E-state index is 0.173. The van der Waals surface area contributed by atoms with Crippen LogP contribution in [0.4, 0.5) is 0 Å². The zero-order chi connectivity index (χ0) is 12.6. The Hall–Kier alpha value is -1.31. The standard InChI is InChI=1S/C16H23NO/c18-16(13-14-9-5-4-6-10-14)17-15-11-7-2-1-3-8-12-15/h4-6,9-10,15H,1-3,7-8,11-13H2,(H,17,18). The molecule has 0 atom stereocenters. The van der Waals surface area contributed by atoms with Crippen molar-refractivity contribution in [2.24, 2.45) is 0 Å². The summed E-state index contributed by atoms with van der Waals surface area (Å²) in [5.41, 5.74) is 1.10. The number of hydrogen-bond acceptors (Lipinski definition) is 1. The van der Waals surface area contributed by atoms with E-state index in [9.17, 15) is 4.79 Å². The van der Waals surface area contributed by atoms with Gasteiger partial charge in [0.05, 0.1) is 6.42 Å². The Bertz CT molecular complexity index is 353. The molecule has 0 bridgehead atoms. The van der Waals surface area contributed by atoms with Crippen LogP contribution in [0, 0.1) is 0 Å². The van der Waals surface area contributed by atoms with E-state index in [2.05, 4.69) is 5.32 Å². The van der Waals surface area contributed by atoms with Gasteiger partial charge in [-0.3, -0.25) is 4.79 Å². The molecule has 18 heavy (non-hydrogen) atoms. The minimum absolute atomic E-state index is 0.173. The van der Waals surface area contributed by atoms with Gasteiger partial charge in [0.1, 0.15) is 0 Å². The lowest BCUT2D eigenvalue weighted by molar-refractivity contribution is -0.121. The molecule has 0 unspecified atom stereocenters. The third-order valence-corrected chi connectivity index (χ3v) is 3.68. The second kappa shape index (κ2) is 7.20. The van der Waals surface area contributed by atoms with Crippen molar-refractivity contribution in [3.05, 3.63) is 35.9 Å². The topological polar surface area (TPSA) is 29.1 Å². The summed E-state index contributed by atoms with van der Waals surface area (Å²) in [4.78, 5) is 12.0. The first-order valence-corrected chi connectivity index (χ1v) is 7.18. The van der Waals surface area contributed by atoms with E-state index in [1.165, 1.54) is 32.1 Å². The molecule has 1 aliphatic carbocycles. The van der Waals surface area contributed by atoms with E-state index < -0.39 is 0 Å². The summed E-state index contributed by atoms with van der Waals surface area (Å²) < 4.78 is 0. The molecule has 0 heterocycles. The van der Waals surface area contributed by atoms with Crippen LogP contribution >= 0.6 is 0 Å². The third kappa shape index (κ3) is 4.52. The molecule has 2 nitrogen and oxygen atoms in total. The van der Waals surface area contributed by atoms with Crippen molar-refractivity contribution in [1.29, 1.82) is 0 Å². The fourth-order valence-corrected chi connectivity index (χ4v) is 2.66. The Balaban J connectivity index is 1.79. The normalized spacial score (nSPS) is 17.8. The monoisotopic (exact) mass is 245 g/mol. The van der Waals surface area contributed by atoms with Crippen LogP contribution in [-0.2, 0) is 11.2 Å². The molecule has 0 spiro atoms. The van der Waals surface area contributed by atoms with E-state index in [-0.39, 0.29) is 5.91 Å². The summed E-state index contributed by atoms with van der Waals surface area (Å²) in [7, 11) is 0. The molecule has 1 amide bonds. The van der Waals surface area contributed by atoms with Crippen LogP contribution < -0.4 is 5.32 Å². The summed E-state index contributed by atoms with van der Waals surface area (Å²) in [6, 6.07) is 10.4. The van der Waals surface area contributed by atoms with Crippen molar-refractivity contribution in [2.75, 3.05) is 0 Å². The van der Waals surface area contributed by atoms with Gasteiger partial charge in [-0.05, 0) is 18.4 Å². The molecular weight excluding hydrogens is 222 g/mol. The van der Waals surface area contributed by atoms with Crippen LogP contribution in [0.2, 0.25) is 0 Å². The number of amides is 1. The summed E-state index contributed by atoms with van der Waals surface area (Å²) >= 11 is 0. The molecule has 0 radical (unpaired) electrons. The van der Waals surface area contributed by atoms with Crippen molar-refractivity contribution in [1.82, 2.24) is 5.32 Å². The van der Waals surface area contributed by atoms with E-state index >= 15 is 0 Å². The molecule has 0 saturated heterocycles. The molecule has 2 heteroatoms. The molecule has 1 aromatic rings. The van der Waals surface area contributed by atoms with Gasteiger partial charge in [0, 0.05) is 6.04 Å². The summed E-state index contributed by atoms with van der Waals surface area (Å²) in [5.74, 6) is 0.173. The highest BCUT2D eigenvalue weighted by atomic mass is 16.1. The van der Waals surface area contributed by atoms with Crippen molar-refractivity contribution in [3.8, 4) is 0 Å². The largest absolute Gasteiger partial charge is 0.353 e. The van der Waals surface area contributed by atoms with E-state index in [1.807, 2.05) is 30.3 Å². The highest BCUT2D eigenvalue weighted by Gasteiger charge is 2.13. The number of rotatable bonds is 3. The first-order valence-electron chi connectivity index (χ1n) is 7.18. The number of benzene rings is 1. The molecular formula is C16H23NO. The minimum Gasteiger partial charge on any atom is -0.353 e. The second-order valence-corrected chi connectivity index (χ2v) is 5.27. The molecule has 2 rings (SSSR count). The molecule has 0 aromatic heterocycles. The lowest BCUT2D eigenvalue weighted by Gasteiger charge is -2.21. The third-order valence-electron chi connectivity index (χ3n) is 3.68. The molecule has 98 valence electrons. The molecule has 1 aliphatic rings. The summed E-state index contributed by atoms with van der Waals surface area (Å²) in [5, 5.41) is 3.20. The van der Waals surface area contributed by atoms with Gasteiger partial charge in [-0.1, -0.05) is 62.4 Å². The van der Waals surface area contributed by atoms with Gasteiger partial charge in [-0.25, -0.2) is 0 Å². The number of hydrogen-bond donors (Lipinski definition) is 1. The molecule has 1 N–H and O–H groups in total. The van der Waals surface area contributed by atoms with Crippen LogP contribution in [-0.4, -0.2) is 11.9 Å². The Kier molecular flexibility index (Phi) is 5.25. The smallest absolute Gasteiger partial charge is 0.224 e. The molecule has 0 aliphatic heterocycles. The zero-order valence-electron chi connectivity index (χ0n) is 11.0. The molecule has 1 saturated carbocycles. The van der Waals surface area contributed by atoms with Crippen LogP contribution in [0.25, 0.3) is 0 Å².